The van der Waals surface area contributed by atoms with Crippen LogP contribution in [0, 0.1) is 0 Å². The number of nitrogens with two attached hydrogens (primary N) is 1. The summed E-state index contributed by atoms with van der Waals surface area (Å²) < 4.78 is 17.9. The highest BCUT2D eigenvalue weighted by molar-refractivity contribution is 7.42. The van der Waals surface area contributed by atoms with Gasteiger partial charge in [-0.3, -0.25) is 0 Å². The van der Waals surface area contributed by atoms with E-state index < -0.39 is 7.80 Å². The number of para-hydroxylation sites is 1. The van der Waals surface area contributed by atoms with E-state index in [1.807, 2.05) is 42.5 Å². The van der Waals surface area contributed by atoms with Crippen LogP contribution in [0.3, 0.4) is 0 Å². The first-order valence-corrected chi connectivity index (χ1v) is 13.4. The Bertz CT molecular complexity index is 1170. The number of nitrogen functional groups attached to an aromatic ring is 1. The van der Waals surface area contributed by atoms with Crippen LogP contribution in [0.1, 0.15) is 18.4 Å². The van der Waals surface area contributed by atoms with Gasteiger partial charge in [-0.05, 0) is 44.2 Å². The molecule has 0 saturated carbocycles. The molecule has 0 radical (unpaired) electrons. The average molecular weight is 500 g/mol. The third kappa shape index (κ3) is 6.35. The van der Waals surface area contributed by atoms with E-state index in [1.165, 1.54) is 6.20 Å². The van der Waals surface area contributed by atoms with Crippen molar-refractivity contribution in [1.82, 2.24) is 14.9 Å². The number of ether oxygens (including phenoxy) is 1. The van der Waals surface area contributed by atoms with Gasteiger partial charge in [0.15, 0.2) is 12.0 Å². The van der Waals surface area contributed by atoms with E-state index in [0.29, 0.717) is 34.4 Å². The Morgan fingerprint density at radius 1 is 1.21 bits per heavy atom. The second-order valence-corrected chi connectivity index (χ2v) is 10.4. The highest BCUT2D eigenvalue weighted by atomic mass is 35.5. The molecule has 4 N–H and O–H groups in total. The van der Waals surface area contributed by atoms with Crippen molar-refractivity contribution in [2.45, 2.75) is 25.1 Å². The Hall–Kier alpha value is -2.93. The molecule has 0 bridgehead atoms. The van der Waals surface area contributed by atoms with Crippen molar-refractivity contribution in [2.75, 3.05) is 43.2 Å². The number of nitrogens with zero attached hydrogens (tertiary/aromatic N) is 3. The standard InChI is InChI=1S/C24H29ClN6O2P/c1-31-11-9-18(10-12-31)33-22-8-7-17(13-20(22)26)28-24-27-14-19(25)23(30-24)29-21-6-4-3-5-16(21)15-34(2)32/h3-8,13-14,18H,9-12,15,26H2,1-2H3,(H2,27,28,29,30)/q+1. The van der Waals surface area contributed by atoms with Gasteiger partial charge in [-0.15, -0.1) is 0 Å². The first-order chi connectivity index (χ1) is 16.4. The van der Waals surface area contributed by atoms with Crippen LogP contribution in [0.5, 0.6) is 5.75 Å². The third-order valence-corrected chi connectivity index (χ3v) is 6.70. The lowest BCUT2D eigenvalue weighted by atomic mass is 10.1. The molecule has 4 rings (SSSR count). The van der Waals surface area contributed by atoms with Gasteiger partial charge in [0.1, 0.15) is 23.5 Å². The molecule has 1 aliphatic heterocycles. The molecule has 1 aromatic heterocycles. The van der Waals surface area contributed by atoms with Crippen LogP contribution in [-0.4, -0.2) is 47.8 Å². The van der Waals surface area contributed by atoms with E-state index in [4.69, 9.17) is 22.1 Å². The number of aromatic nitrogens is 2. The van der Waals surface area contributed by atoms with Crippen LogP contribution in [-0.2, 0) is 10.7 Å². The van der Waals surface area contributed by atoms with Gasteiger partial charge in [0, 0.05) is 30.0 Å². The molecule has 0 spiro atoms. The minimum atomic E-state index is -1.32. The molecule has 1 saturated heterocycles. The van der Waals surface area contributed by atoms with Crippen molar-refractivity contribution in [2.24, 2.45) is 0 Å². The van der Waals surface area contributed by atoms with E-state index in [-0.39, 0.29) is 6.10 Å². The monoisotopic (exact) mass is 499 g/mol. The SMILES string of the molecule is CN1CCC(Oc2ccc(Nc3ncc(Cl)c(Nc4ccccc4C[P+](C)=O)n3)cc2N)CC1. The molecule has 10 heteroatoms. The van der Waals surface area contributed by atoms with E-state index in [1.54, 1.807) is 6.66 Å². The number of benzene rings is 2. The average Bonchev–Trinajstić information content (AvgIpc) is 2.80. The Morgan fingerprint density at radius 2 is 1.97 bits per heavy atom. The fourth-order valence-electron chi connectivity index (χ4n) is 3.81. The molecule has 0 aliphatic carbocycles. The van der Waals surface area contributed by atoms with Crippen LogP contribution < -0.4 is 21.1 Å². The fraction of sp³-hybridized carbons (Fsp3) is 0.333. The zero-order chi connectivity index (χ0) is 24.1. The molecule has 0 amide bonds. The Balaban J connectivity index is 1.46. The maximum Gasteiger partial charge on any atom is 0.340 e. The lowest BCUT2D eigenvalue weighted by Gasteiger charge is -2.29. The number of rotatable bonds is 8. The van der Waals surface area contributed by atoms with Crippen LogP contribution in [0.15, 0.2) is 48.7 Å². The highest BCUT2D eigenvalue weighted by Crippen LogP contribution is 2.32. The van der Waals surface area contributed by atoms with E-state index in [0.717, 1.165) is 42.9 Å². The fourth-order valence-corrected chi connectivity index (χ4v) is 4.70. The number of likely N-dealkylation sites (tertiary alicyclic amines) is 1. The molecule has 8 nitrogen and oxygen atoms in total. The Morgan fingerprint density at radius 3 is 2.71 bits per heavy atom. The van der Waals surface area contributed by atoms with Gasteiger partial charge < -0.3 is 26.0 Å². The predicted molar refractivity (Wildman–Crippen MR) is 139 cm³/mol. The van der Waals surface area contributed by atoms with E-state index in [9.17, 15) is 4.57 Å². The quantitative estimate of drug-likeness (QED) is 0.270. The van der Waals surface area contributed by atoms with Gasteiger partial charge in [0.2, 0.25) is 5.95 Å². The molecule has 3 aromatic rings. The van der Waals surface area contributed by atoms with Crippen molar-refractivity contribution >= 4 is 48.2 Å². The molecule has 2 heterocycles. The zero-order valence-corrected chi connectivity index (χ0v) is 20.9. The number of hydrogen-bond acceptors (Lipinski definition) is 8. The maximum atomic E-state index is 11.8. The van der Waals surface area contributed by atoms with Crippen LogP contribution >= 0.6 is 19.4 Å². The number of halogens is 1. The molecule has 1 fully saturated rings. The van der Waals surface area contributed by atoms with Gasteiger partial charge in [-0.1, -0.05) is 34.4 Å². The van der Waals surface area contributed by atoms with Gasteiger partial charge in [-0.2, -0.15) is 4.98 Å². The smallest absolute Gasteiger partial charge is 0.340 e. The number of hydrogen-bond donors (Lipinski definition) is 3. The normalized spacial score (nSPS) is 15.1. The summed E-state index contributed by atoms with van der Waals surface area (Å²) in [6.45, 7) is 3.76. The zero-order valence-electron chi connectivity index (χ0n) is 19.3. The summed E-state index contributed by atoms with van der Waals surface area (Å²) in [6, 6.07) is 13.2. The maximum absolute atomic E-state index is 11.8. The lowest BCUT2D eigenvalue weighted by molar-refractivity contribution is 0.115. The highest BCUT2D eigenvalue weighted by Gasteiger charge is 2.19. The molecule has 2 aromatic carbocycles. The topological polar surface area (TPSA) is 105 Å². The predicted octanol–water partition coefficient (Wildman–Crippen LogP) is 5.63. The summed E-state index contributed by atoms with van der Waals surface area (Å²) in [6.07, 6.45) is 4.16. The number of nitrogens with one attached hydrogen (secondary N) is 2. The second-order valence-electron chi connectivity index (χ2n) is 8.46. The van der Waals surface area contributed by atoms with Gasteiger partial charge in [0.25, 0.3) is 0 Å². The summed E-state index contributed by atoms with van der Waals surface area (Å²) in [5.41, 5.74) is 9.29. The first kappa shape index (κ1) is 24.2. The van der Waals surface area contributed by atoms with Crippen molar-refractivity contribution in [1.29, 1.82) is 0 Å². The summed E-state index contributed by atoms with van der Waals surface area (Å²) in [5, 5.41) is 6.79. The van der Waals surface area contributed by atoms with Crippen LogP contribution in [0.4, 0.5) is 28.8 Å². The van der Waals surface area contributed by atoms with E-state index >= 15 is 0 Å². The molecular formula is C24H29ClN6O2P+. The summed E-state index contributed by atoms with van der Waals surface area (Å²) in [4.78, 5) is 11.1. The van der Waals surface area contributed by atoms with E-state index in [2.05, 4.69) is 32.5 Å². The molecule has 1 atom stereocenters. The molecule has 178 valence electrons. The van der Waals surface area contributed by atoms with Crippen molar-refractivity contribution in [3.63, 3.8) is 0 Å². The molecule has 34 heavy (non-hydrogen) atoms. The van der Waals surface area contributed by atoms with Gasteiger partial charge in [-0.25, -0.2) is 4.98 Å². The minimum absolute atomic E-state index is 0.180. The summed E-state index contributed by atoms with van der Waals surface area (Å²) in [7, 11) is 0.801. The summed E-state index contributed by atoms with van der Waals surface area (Å²) >= 11 is 6.34. The third-order valence-electron chi connectivity index (χ3n) is 5.63. The number of anilines is 5. The first-order valence-electron chi connectivity index (χ1n) is 11.1. The minimum Gasteiger partial charge on any atom is -0.488 e. The Kier molecular flexibility index (Phi) is 7.83. The van der Waals surface area contributed by atoms with Crippen molar-refractivity contribution < 1.29 is 9.30 Å². The van der Waals surface area contributed by atoms with Gasteiger partial charge >= 0.3 is 7.80 Å². The second kappa shape index (κ2) is 11.0. The molecule has 1 unspecified atom stereocenters. The van der Waals surface area contributed by atoms with Gasteiger partial charge in [0.05, 0.1) is 11.9 Å². The number of piperidine rings is 1. The van der Waals surface area contributed by atoms with Crippen molar-refractivity contribution in [3.8, 4) is 5.75 Å². The lowest BCUT2D eigenvalue weighted by Crippen LogP contribution is -2.35. The van der Waals surface area contributed by atoms with Crippen molar-refractivity contribution in [3.05, 3.63) is 59.2 Å². The Labute approximate surface area is 205 Å². The van der Waals surface area contributed by atoms with Crippen LogP contribution in [0.25, 0.3) is 0 Å². The summed E-state index contributed by atoms with van der Waals surface area (Å²) in [5.74, 6) is 1.51. The largest absolute Gasteiger partial charge is 0.488 e. The molecule has 1 aliphatic rings. The van der Waals surface area contributed by atoms with Crippen LogP contribution in [0.2, 0.25) is 5.02 Å². The molecular weight excluding hydrogens is 471 g/mol.